The molecule has 1 aromatic heterocycles. The van der Waals surface area contributed by atoms with Gasteiger partial charge in [0.2, 0.25) is 17.8 Å². The zero-order valence-electron chi connectivity index (χ0n) is 12.3. The predicted octanol–water partition coefficient (Wildman–Crippen LogP) is 1.25. The number of carbonyl (C=O) groups is 2. The van der Waals surface area contributed by atoms with Crippen LogP contribution < -0.4 is 16.4 Å². The number of H-pyrrole nitrogens is 1. The maximum atomic E-state index is 11.8. The standard InChI is InChI=1S/C14H18ClN5O2/c1-7(2)11(16)13(22)17-6-10(21)19-14-18-9-5-3-4-8(15)12(9)20-14/h3-5,7,11H,6,16H2,1-2H3,(H,17,22)(H2,18,19,20,21)/t11-/m0/s1. The fourth-order valence-electron chi connectivity index (χ4n) is 1.82. The van der Waals surface area contributed by atoms with Crippen molar-refractivity contribution < 1.29 is 9.59 Å². The van der Waals surface area contributed by atoms with Crippen LogP contribution in [0.5, 0.6) is 0 Å². The molecule has 0 fully saturated rings. The molecule has 0 spiro atoms. The van der Waals surface area contributed by atoms with Crippen LogP contribution >= 0.6 is 11.6 Å². The number of carbonyl (C=O) groups excluding carboxylic acids is 2. The van der Waals surface area contributed by atoms with Gasteiger partial charge in [-0.05, 0) is 18.1 Å². The van der Waals surface area contributed by atoms with Gasteiger partial charge in [-0.15, -0.1) is 0 Å². The Labute approximate surface area is 132 Å². The number of nitrogens with one attached hydrogen (secondary N) is 3. The van der Waals surface area contributed by atoms with E-state index in [-0.39, 0.29) is 24.3 Å². The van der Waals surface area contributed by atoms with Crippen LogP contribution in [0.3, 0.4) is 0 Å². The number of benzene rings is 1. The number of nitrogens with two attached hydrogens (primary N) is 1. The van der Waals surface area contributed by atoms with E-state index < -0.39 is 11.9 Å². The summed E-state index contributed by atoms with van der Waals surface area (Å²) in [5, 5.41) is 5.54. The first-order valence-corrected chi connectivity index (χ1v) is 7.23. The van der Waals surface area contributed by atoms with Crippen LogP contribution in [-0.4, -0.2) is 34.4 Å². The zero-order chi connectivity index (χ0) is 16.3. The van der Waals surface area contributed by atoms with E-state index in [2.05, 4.69) is 20.6 Å². The largest absolute Gasteiger partial charge is 0.346 e. The van der Waals surface area contributed by atoms with E-state index in [1.807, 2.05) is 13.8 Å². The number of halogens is 1. The van der Waals surface area contributed by atoms with Crippen molar-refractivity contribution >= 4 is 40.4 Å². The van der Waals surface area contributed by atoms with Gasteiger partial charge in [-0.25, -0.2) is 4.98 Å². The van der Waals surface area contributed by atoms with Crippen LogP contribution in [-0.2, 0) is 9.59 Å². The van der Waals surface area contributed by atoms with Crippen molar-refractivity contribution in [2.75, 3.05) is 11.9 Å². The van der Waals surface area contributed by atoms with Crippen LogP contribution in [0.1, 0.15) is 13.8 Å². The molecule has 2 aromatic rings. The minimum Gasteiger partial charge on any atom is -0.346 e. The van der Waals surface area contributed by atoms with Crippen LogP contribution in [0.2, 0.25) is 5.02 Å². The van der Waals surface area contributed by atoms with E-state index in [4.69, 9.17) is 17.3 Å². The average molecular weight is 324 g/mol. The van der Waals surface area contributed by atoms with Gasteiger partial charge in [0.25, 0.3) is 0 Å². The van der Waals surface area contributed by atoms with Crippen molar-refractivity contribution in [3.63, 3.8) is 0 Å². The number of aromatic nitrogens is 2. The molecule has 8 heteroatoms. The highest BCUT2D eigenvalue weighted by Gasteiger charge is 2.18. The number of para-hydroxylation sites is 1. The summed E-state index contributed by atoms with van der Waals surface area (Å²) in [7, 11) is 0. The number of fused-ring (bicyclic) bond motifs is 1. The number of imidazole rings is 1. The molecule has 0 bridgehead atoms. The van der Waals surface area contributed by atoms with Crippen molar-refractivity contribution in [2.45, 2.75) is 19.9 Å². The quantitative estimate of drug-likeness (QED) is 0.663. The highest BCUT2D eigenvalue weighted by atomic mass is 35.5. The summed E-state index contributed by atoms with van der Waals surface area (Å²) in [5.74, 6) is -0.492. The van der Waals surface area contributed by atoms with Crippen LogP contribution in [0.15, 0.2) is 18.2 Å². The fraction of sp³-hybridized carbons (Fsp3) is 0.357. The van der Waals surface area contributed by atoms with E-state index in [1.165, 1.54) is 0 Å². The smallest absolute Gasteiger partial charge is 0.246 e. The van der Waals surface area contributed by atoms with Gasteiger partial charge < -0.3 is 16.0 Å². The molecular weight excluding hydrogens is 306 g/mol. The lowest BCUT2D eigenvalue weighted by Gasteiger charge is -2.14. The maximum Gasteiger partial charge on any atom is 0.246 e. The molecule has 22 heavy (non-hydrogen) atoms. The van der Waals surface area contributed by atoms with Gasteiger partial charge in [-0.2, -0.15) is 0 Å². The number of amides is 2. The SMILES string of the molecule is CC(C)[C@H](N)C(=O)NCC(=O)Nc1nc2c(Cl)cccc2[nH]1. The van der Waals surface area contributed by atoms with Gasteiger partial charge in [0.05, 0.1) is 23.1 Å². The second-order valence-corrected chi connectivity index (χ2v) is 5.66. The van der Waals surface area contributed by atoms with Crippen LogP contribution in [0.25, 0.3) is 11.0 Å². The van der Waals surface area contributed by atoms with Crippen molar-refractivity contribution in [1.82, 2.24) is 15.3 Å². The normalized spacial score (nSPS) is 12.4. The number of hydrogen-bond acceptors (Lipinski definition) is 4. The summed E-state index contributed by atoms with van der Waals surface area (Å²) in [6.07, 6.45) is 0. The summed E-state index contributed by atoms with van der Waals surface area (Å²) in [6, 6.07) is 4.65. The second-order valence-electron chi connectivity index (χ2n) is 5.26. The summed E-state index contributed by atoms with van der Waals surface area (Å²) < 4.78 is 0. The van der Waals surface area contributed by atoms with Gasteiger partial charge in [0.15, 0.2) is 0 Å². The Hall–Kier alpha value is -2.12. The Morgan fingerprint density at radius 2 is 2.14 bits per heavy atom. The van der Waals surface area contributed by atoms with E-state index in [0.717, 1.165) is 0 Å². The Bertz CT molecular complexity index is 698. The van der Waals surface area contributed by atoms with Gasteiger partial charge in [0, 0.05) is 0 Å². The van der Waals surface area contributed by atoms with E-state index >= 15 is 0 Å². The van der Waals surface area contributed by atoms with Gasteiger partial charge >= 0.3 is 0 Å². The van der Waals surface area contributed by atoms with Crippen molar-refractivity contribution in [3.05, 3.63) is 23.2 Å². The Morgan fingerprint density at radius 1 is 1.41 bits per heavy atom. The fourth-order valence-corrected chi connectivity index (χ4v) is 2.04. The minimum absolute atomic E-state index is 0.000533. The molecule has 0 radical (unpaired) electrons. The van der Waals surface area contributed by atoms with Gasteiger partial charge in [0.1, 0.15) is 5.52 Å². The van der Waals surface area contributed by atoms with E-state index in [1.54, 1.807) is 18.2 Å². The third-order valence-corrected chi connectivity index (χ3v) is 3.47. The zero-order valence-corrected chi connectivity index (χ0v) is 13.1. The molecule has 2 amide bonds. The molecular formula is C14H18ClN5O2. The lowest BCUT2D eigenvalue weighted by Crippen LogP contribution is -2.46. The number of hydrogen-bond donors (Lipinski definition) is 4. The van der Waals surface area contributed by atoms with Gasteiger partial charge in [-0.3, -0.25) is 14.9 Å². The number of rotatable bonds is 5. The summed E-state index contributed by atoms with van der Waals surface area (Å²) in [6.45, 7) is 3.49. The molecule has 0 aliphatic carbocycles. The maximum absolute atomic E-state index is 11.8. The molecule has 0 saturated carbocycles. The molecule has 2 rings (SSSR count). The molecule has 1 aromatic carbocycles. The Morgan fingerprint density at radius 3 is 2.77 bits per heavy atom. The molecule has 0 aliphatic heterocycles. The molecule has 0 unspecified atom stereocenters. The second kappa shape index (κ2) is 6.76. The topological polar surface area (TPSA) is 113 Å². The highest BCUT2D eigenvalue weighted by molar-refractivity contribution is 6.35. The molecule has 0 aliphatic rings. The molecule has 5 N–H and O–H groups in total. The third-order valence-electron chi connectivity index (χ3n) is 3.17. The van der Waals surface area contributed by atoms with Crippen LogP contribution in [0, 0.1) is 5.92 Å². The van der Waals surface area contributed by atoms with Crippen molar-refractivity contribution in [3.8, 4) is 0 Å². The van der Waals surface area contributed by atoms with E-state index in [0.29, 0.717) is 16.1 Å². The Balaban J connectivity index is 1.94. The number of nitrogens with zero attached hydrogens (tertiary/aromatic N) is 1. The molecule has 1 atom stereocenters. The lowest BCUT2D eigenvalue weighted by atomic mass is 10.1. The van der Waals surface area contributed by atoms with Crippen LogP contribution in [0.4, 0.5) is 5.95 Å². The highest BCUT2D eigenvalue weighted by Crippen LogP contribution is 2.22. The van der Waals surface area contributed by atoms with E-state index in [9.17, 15) is 9.59 Å². The summed E-state index contributed by atoms with van der Waals surface area (Å²) in [5.41, 5.74) is 6.98. The first-order valence-electron chi connectivity index (χ1n) is 6.86. The van der Waals surface area contributed by atoms with Gasteiger partial charge in [-0.1, -0.05) is 31.5 Å². The Kier molecular flexibility index (Phi) is 4.99. The molecule has 7 nitrogen and oxygen atoms in total. The average Bonchev–Trinajstić information content (AvgIpc) is 2.87. The monoisotopic (exact) mass is 323 g/mol. The molecule has 118 valence electrons. The minimum atomic E-state index is -0.641. The first kappa shape index (κ1) is 16.3. The third kappa shape index (κ3) is 3.75. The predicted molar refractivity (Wildman–Crippen MR) is 85.6 cm³/mol. The van der Waals surface area contributed by atoms with Crippen molar-refractivity contribution in [2.24, 2.45) is 11.7 Å². The first-order chi connectivity index (χ1) is 10.4. The number of anilines is 1. The summed E-state index contributed by atoms with van der Waals surface area (Å²) in [4.78, 5) is 30.6. The number of aromatic amines is 1. The lowest BCUT2D eigenvalue weighted by molar-refractivity contribution is -0.125. The van der Waals surface area contributed by atoms with Crippen molar-refractivity contribution in [1.29, 1.82) is 0 Å². The molecule has 0 saturated heterocycles. The summed E-state index contributed by atoms with van der Waals surface area (Å²) >= 11 is 6.01. The molecule has 1 heterocycles.